The molecule has 1 N–H and O–H groups in total. The molecule has 96 valence electrons. The fourth-order valence-electron chi connectivity index (χ4n) is 2.12. The summed E-state index contributed by atoms with van der Waals surface area (Å²) in [6.45, 7) is 2.30. The summed E-state index contributed by atoms with van der Waals surface area (Å²) < 4.78 is 1.48. The van der Waals surface area contributed by atoms with Gasteiger partial charge in [-0.25, -0.2) is 0 Å². The second-order valence-corrected chi connectivity index (χ2v) is 6.39. The summed E-state index contributed by atoms with van der Waals surface area (Å²) >= 11 is 3.53. The van der Waals surface area contributed by atoms with Crippen molar-refractivity contribution in [1.82, 2.24) is 4.57 Å². The van der Waals surface area contributed by atoms with Gasteiger partial charge in [0.2, 0.25) is 0 Å². The average Bonchev–Trinajstić information content (AvgIpc) is 2.32. The normalized spacial score (nSPS) is 21.7. The quantitative estimate of drug-likeness (QED) is 0.620. The van der Waals surface area contributed by atoms with Gasteiger partial charge < -0.3 is 9.67 Å². The molecule has 4 nitrogen and oxygen atoms in total. The van der Waals surface area contributed by atoms with Gasteiger partial charge in [-0.15, -0.1) is 0 Å². The van der Waals surface area contributed by atoms with E-state index in [1.165, 1.54) is 6.20 Å². The summed E-state index contributed by atoms with van der Waals surface area (Å²) in [6.07, 6.45) is 6.61. The predicted octanol–water partition coefficient (Wildman–Crippen LogP) is -0.229. The van der Waals surface area contributed by atoms with Crippen LogP contribution in [0.15, 0.2) is 11.0 Å². The standard InChI is InChI=1S/C13H14BrNO3/c1-13(14)3-2-11-10(6-13)12(18)9(8-17)7-15(11)4-5-16/h2,6-8,16H,3-5H2,1H3. The van der Waals surface area contributed by atoms with E-state index >= 15 is 0 Å². The Morgan fingerprint density at radius 2 is 2.33 bits per heavy atom. The summed E-state index contributed by atoms with van der Waals surface area (Å²) in [4.78, 5) is 23.0. The molecule has 0 aliphatic heterocycles. The van der Waals surface area contributed by atoms with Crippen molar-refractivity contribution in [3.8, 4) is 0 Å². The maximum absolute atomic E-state index is 12.1. The minimum Gasteiger partial charge on any atom is -0.395 e. The number of aliphatic hydroxyl groups excluding tert-OH is 1. The Balaban J connectivity index is 2.86. The number of aldehydes is 1. The molecule has 0 saturated carbocycles. The number of fused-ring (bicyclic) bond motifs is 1. The molecule has 0 saturated heterocycles. The Morgan fingerprint density at radius 3 is 2.94 bits per heavy atom. The molecular weight excluding hydrogens is 298 g/mol. The highest BCUT2D eigenvalue weighted by Gasteiger charge is 2.20. The van der Waals surface area contributed by atoms with Gasteiger partial charge in [0.1, 0.15) is 0 Å². The lowest BCUT2D eigenvalue weighted by atomic mass is 10.00. The van der Waals surface area contributed by atoms with E-state index in [1.807, 2.05) is 19.1 Å². The van der Waals surface area contributed by atoms with Crippen molar-refractivity contribution in [1.29, 1.82) is 0 Å². The minimum atomic E-state index is -0.266. The zero-order valence-electron chi connectivity index (χ0n) is 10.0. The molecule has 0 bridgehead atoms. The minimum absolute atomic E-state index is 0.0347. The molecule has 2 rings (SSSR count). The van der Waals surface area contributed by atoms with E-state index in [0.717, 1.165) is 11.8 Å². The van der Waals surface area contributed by atoms with E-state index in [-0.39, 0.29) is 21.9 Å². The van der Waals surface area contributed by atoms with Crippen molar-refractivity contribution >= 4 is 34.4 Å². The third kappa shape index (κ3) is 2.33. The Hall–Kier alpha value is -1.20. The van der Waals surface area contributed by atoms with Gasteiger partial charge >= 0.3 is 0 Å². The molecule has 1 aromatic heterocycles. The number of aromatic nitrogens is 1. The van der Waals surface area contributed by atoms with Crippen molar-refractivity contribution < 1.29 is 9.90 Å². The fraction of sp³-hybridized carbons (Fsp3) is 0.385. The molecule has 0 amide bonds. The Labute approximate surface area is 112 Å². The maximum Gasteiger partial charge on any atom is 0.199 e. The fourth-order valence-corrected chi connectivity index (χ4v) is 2.51. The predicted molar refractivity (Wildman–Crippen MR) is 73.3 cm³/mol. The maximum atomic E-state index is 12.1. The van der Waals surface area contributed by atoms with E-state index in [2.05, 4.69) is 15.9 Å². The molecule has 0 fully saturated rings. The molecular formula is C13H14BrNO3. The molecule has 18 heavy (non-hydrogen) atoms. The van der Waals surface area contributed by atoms with Crippen molar-refractivity contribution in [2.45, 2.75) is 24.2 Å². The molecule has 1 heterocycles. The van der Waals surface area contributed by atoms with Crippen molar-refractivity contribution in [3.05, 3.63) is 32.6 Å². The van der Waals surface area contributed by atoms with Crippen LogP contribution in [0.1, 0.15) is 23.7 Å². The highest BCUT2D eigenvalue weighted by atomic mass is 79.9. The molecule has 1 aliphatic rings. The van der Waals surface area contributed by atoms with Gasteiger partial charge in [0.15, 0.2) is 11.7 Å². The van der Waals surface area contributed by atoms with E-state index in [0.29, 0.717) is 18.0 Å². The smallest absolute Gasteiger partial charge is 0.199 e. The summed E-state index contributed by atoms with van der Waals surface area (Å²) in [5, 5.41) is 10.3. The van der Waals surface area contributed by atoms with Gasteiger partial charge in [-0.3, -0.25) is 9.59 Å². The van der Waals surface area contributed by atoms with Gasteiger partial charge in [-0.2, -0.15) is 0 Å². The van der Waals surface area contributed by atoms with E-state index < -0.39 is 0 Å². The lowest BCUT2D eigenvalue weighted by Gasteiger charge is -2.20. The van der Waals surface area contributed by atoms with Crippen LogP contribution in [0.25, 0.3) is 12.2 Å². The molecule has 1 atom stereocenters. The van der Waals surface area contributed by atoms with Crippen molar-refractivity contribution in [3.63, 3.8) is 0 Å². The van der Waals surface area contributed by atoms with Crippen LogP contribution in [-0.2, 0) is 6.54 Å². The highest BCUT2D eigenvalue weighted by Crippen LogP contribution is 2.24. The van der Waals surface area contributed by atoms with Crippen LogP contribution < -0.4 is 16.0 Å². The second-order valence-electron chi connectivity index (χ2n) is 4.58. The first-order chi connectivity index (χ1) is 8.48. The van der Waals surface area contributed by atoms with Gasteiger partial charge in [-0.05, 0) is 13.3 Å². The van der Waals surface area contributed by atoms with Crippen LogP contribution in [0.4, 0.5) is 0 Å². The molecule has 5 heteroatoms. The number of rotatable bonds is 3. The largest absolute Gasteiger partial charge is 0.395 e. The number of nitrogens with zero attached hydrogens (tertiary/aromatic N) is 1. The van der Waals surface area contributed by atoms with E-state index in [1.54, 1.807) is 4.57 Å². The Kier molecular flexibility index (Phi) is 3.54. The molecule has 0 radical (unpaired) electrons. The monoisotopic (exact) mass is 311 g/mol. The van der Waals surface area contributed by atoms with E-state index in [4.69, 9.17) is 5.11 Å². The Bertz CT molecular complexity index is 658. The summed E-state index contributed by atoms with van der Waals surface area (Å²) in [7, 11) is 0. The third-order valence-electron chi connectivity index (χ3n) is 2.99. The zero-order valence-corrected chi connectivity index (χ0v) is 11.6. The second kappa shape index (κ2) is 4.82. The molecule has 0 aromatic carbocycles. The summed E-state index contributed by atoms with van der Waals surface area (Å²) in [5.74, 6) is 0. The summed E-state index contributed by atoms with van der Waals surface area (Å²) in [5.41, 5.74) is -0.132. The number of pyridine rings is 1. The molecule has 1 aromatic rings. The van der Waals surface area contributed by atoms with Crippen LogP contribution in [0, 0.1) is 0 Å². The number of halogens is 1. The van der Waals surface area contributed by atoms with Crippen LogP contribution >= 0.6 is 15.9 Å². The van der Waals surface area contributed by atoms with Crippen molar-refractivity contribution in [2.24, 2.45) is 0 Å². The van der Waals surface area contributed by atoms with Crippen molar-refractivity contribution in [2.75, 3.05) is 6.61 Å². The number of hydrogen-bond donors (Lipinski definition) is 1. The van der Waals surface area contributed by atoms with Gasteiger partial charge in [-0.1, -0.05) is 28.1 Å². The van der Waals surface area contributed by atoms with Gasteiger partial charge in [0.25, 0.3) is 0 Å². The number of aliphatic hydroxyl groups is 1. The number of carbonyl (C=O) groups is 1. The van der Waals surface area contributed by atoms with E-state index in [9.17, 15) is 9.59 Å². The van der Waals surface area contributed by atoms with Crippen LogP contribution in [0.3, 0.4) is 0 Å². The van der Waals surface area contributed by atoms with Crippen LogP contribution in [0.2, 0.25) is 0 Å². The Morgan fingerprint density at radius 1 is 1.61 bits per heavy atom. The first-order valence-corrected chi connectivity index (χ1v) is 6.49. The lowest BCUT2D eigenvalue weighted by molar-refractivity contribution is 0.112. The lowest BCUT2D eigenvalue weighted by Crippen LogP contribution is -2.50. The zero-order chi connectivity index (χ0) is 13.3. The average molecular weight is 312 g/mol. The van der Waals surface area contributed by atoms with Crippen LogP contribution in [0.5, 0.6) is 0 Å². The molecule has 1 unspecified atom stereocenters. The van der Waals surface area contributed by atoms with Gasteiger partial charge in [0, 0.05) is 27.6 Å². The number of alkyl halides is 1. The molecule has 0 spiro atoms. The molecule has 1 aliphatic carbocycles. The first-order valence-electron chi connectivity index (χ1n) is 5.70. The van der Waals surface area contributed by atoms with Gasteiger partial charge in [0.05, 0.1) is 12.2 Å². The SMILES string of the molecule is CC1(Br)C=c2c(=O)c(C=O)cn(CCO)c2=CC1. The summed E-state index contributed by atoms with van der Waals surface area (Å²) in [6, 6.07) is 0. The van der Waals surface area contributed by atoms with Crippen LogP contribution in [-0.4, -0.2) is 26.9 Å². The topological polar surface area (TPSA) is 59.3 Å². The number of carbonyl (C=O) groups excluding carboxylic acids is 1. The number of hydrogen-bond acceptors (Lipinski definition) is 3. The third-order valence-corrected chi connectivity index (χ3v) is 3.55. The first kappa shape index (κ1) is 13.2. The highest BCUT2D eigenvalue weighted by molar-refractivity contribution is 9.10.